The molecule has 8 rings (SSSR count). The maximum Gasteiger partial charge on any atom is 0.329 e. The Morgan fingerprint density at radius 1 is 0.965 bits per heavy atom. The Hall–Kier alpha value is -6.09. The van der Waals surface area contributed by atoms with E-state index in [1.807, 2.05) is 47.4 Å². The molecule has 3 atom stereocenters. The summed E-state index contributed by atoms with van der Waals surface area (Å²) in [6, 6.07) is 18.4. The summed E-state index contributed by atoms with van der Waals surface area (Å²) in [6.07, 6.45) is 12.0. The molecule has 15 heteroatoms. The highest BCUT2D eigenvalue weighted by atomic mass is 16.3. The number of imide groups is 1. The van der Waals surface area contributed by atoms with E-state index in [0.29, 0.717) is 42.7 Å². The van der Waals surface area contributed by atoms with E-state index in [1.165, 1.54) is 10.6 Å². The van der Waals surface area contributed by atoms with Crippen LogP contribution in [-0.4, -0.2) is 88.4 Å². The Balaban J connectivity index is 0.754. The summed E-state index contributed by atoms with van der Waals surface area (Å²) in [5, 5.41) is 24.7. The molecular formula is C42H48N10O5. The van der Waals surface area contributed by atoms with Gasteiger partial charge in [0.1, 0.15) is 17.6 Å². The van der Waals surface area contributed by atoms with Gasteiger partial charge in [-0.15, -0.1) is 5.10 Å². The molecule has 3 saturated heterocycles. The standard InChI is InChI=1S/C42H48N10O5/c1-48-40-28(10-8-14-34(40)52(42(48)57)35-17-18-39(55)45-41(35)56)23-43-20-7-3-2-4-11-30-25-50(47-46-30)24-29-12-9-16-38(44-29)51-27-31-22-32(51)26-49(31)21-19-37(54)33-13-5-6-15-36(33)53/h5-6,8-10,12-16,19,21,25,31-32,35,43,53H,2-4,7,11,17-18,20,22-24,26-27H2,1H3,(H,45,55,56)/b21-19+/t31-,32-,35?/m1/s1. The molecule has 5 aromatic rings. The van der Waals surface area contributed by atoms with Crippen molar-refractivity contribution in [3.05, 3.63) is 112 Å². The molecule has 2 bridgehead atoms. The highest BCUT2D eigenvalue weighted by Crippen LogP contribution is 2.34. The van der Waals surface area contributed by atoms with Gasteiger partial charge in [0, 0.05) is 63.7 Å². The van der Waals surface area contributed by atoms with Gasteiger partial charge in [-0.2, -0.15) is 0 Å². The second-order valence-corrected chi connectivity index (χ2v) is 15.3. The van der Waals surface area contributed by atoms with E-state index < -0.39 is 11.9 Å². The zero-order valence-electron chi connectivity index (χ0n) is 32.1. The number of hydrogen-bond acceptors (Lipinski definition) is 11. The summed E-state index contributed by atoms with van der Waals surface area (Å²) >= 11 is 0. The van der Waals surface area contributed by atoms with Gasteiger partial charge in [-0.05, 0) is 74.5 Å². The van der Waals surface area contributed by atoms with Crippen LogP contribution in [0.25, 0.3) is 11.0 Å². The molecule has 3 N–H and O–H groups in total. The molecule has 15 nitrogen and oxygen atoms in total. The van der Waals surface area contributed by atoms with Crippen molar-refractivity contribution in [2.45, 2.75) is 82.6 Å². The number of aromatic nitrogens is 6. The zero-order valence-corrected chi connectivity index (χ0v) is 32.1. The quantitative estimate of drug-likeness (QED) is 0.0579. The van der Waals surface area contributed by atoms with Crippen molar-refractivity contribution in [2.75, 3.05) is 24.5 Å². The van der Waals surface area contributed by atoms with Crippen LogP contribution in [-0.2, 0) is 36.1 Å². The number of likely N-dealkylation sites (tertiary alicyclic amines) is 1. The van der Waals surface area contributed by atoms with Crippen LogP contribution in [0.15, 0.2) is 83.9 Å². The number of para-hydroxylation sites is 2. The third kappa shape index (κ3) is 8.10. The van der Waals surface area contributed by atoms with Crippen LogP contribution in [0.1, 0.15) is 78.3 Å². The number of carbonyl (C=O) groups excluding carboxylic acids is 3. The van der Waals surface area contributed by atoms with Crippen LogP contribution in [0.2, 0.25) is 0 Å². The number of aryl methyl sites for hydroxylation is 2. The van der Waals surface area contributed by atoms with Crippen LogP contribution < -0.4 is 21.2 Å². The number of rotatable bonds is 16. The van der Waals surface area contributed by atoms with Crippen molar-refractivity contribution >= 4 is 34.4 Å². The first-order valence-corrected chi connectivity index (χ1v) is 19.8. The number of phenols is 1. The van der Waals surface area contributed by atoms with Gasteiger partial charge in [-0.3, -0.25) is 28.8 Å². The fraction of sp³-hybridized carbons (Fsp3) is 0.405. The minimum absolute atomic E-state index is 0.00473. The molecule has 0 aliphatic carbocycles. The van der Waals surface area contributed by atoms with Crippen molar-refractivity contribution in [2.24, 2.45) is 7.05 Å². The maximum absolute atomic E-state index is 13.2. The number of unbranched alkanes of at least 4 members (excludes halogenated alkanes) is 3. The number of aromatic hydroxyl groups is 1. The summed E-state index contributed by atoms with van der Waals surface area (Å²) in [6.45, 7) is 3.64. The fourth-order valence-corrected chi connectivity index (χ4v) is 8.53. The van der Waals surface area contributed by atoms with Gasteiger partial charge < -0.3 is 20.2 Å². The van der Waals surface area contributed by atoms with E-state index >= 15 is 0 Å². The van der Waals surface area contributed by atoms with Crippen LogP contribution in [0.3, 0.4) is 0 Å². The Kier molecular flexibility index (Phi) is 11.0. The molecule has 0 spiro atoms. The SMILES string of the molecule is Cn1c(=O)n(C2CCC(=O)NC2=O)c2cccc(CNCCCCCCc3cn(Cc4cccc(N5C[C@H]6C[C@@H]5CN6/C=C/C(=O)c5ccccc5O)n4)nn3)c21. The Bertz CT molecular complexity index is 2380. The van der Waals surface area contributed by atoms with Crippen molar-refractivity contribution < 1.29 is 19.5 Å². The third-order valence-electron chi connectivity index (χ3n) is 11.4. The molecule has 3 fully saturated rings. The number of imidazole rings is 1. The number of carbonyl (C=O) groups is 3. The molecule has 3 aromatic heterocycles. The Labute approximate surface area is 330 Å². The number of nitrogens with zero attached hydrogens (tertiary/aromatic N) is 8. The first-order chi connectivity index (χ1) is 27.7. The molecule has 3 aliphatic heterocycles. The number of phenolic OH excluding ortho intramolecular Hbond substituents is 1. The molecule has 2 amide bonds. The summed E-state index contributed by atoms with van der Waals surface area (Å²) in [5.41, 5.74) is 4.44. The largest absolute Gasteiger partial charge is 0.507 e. The summed E-state index contributed by atoms with van der Waals surface area (Å²) in [5.74, 6) is 0.0127. The molecule has 0 radical (unpaired) electrons. The molecule has 1 unspecified atom stereocenters. The van der Waals surface area contributed by atoms with Crippen LogP contribution in [0, 0.1) is 0 Å². The summed E-state index contributed by atoms with van der Waals surface area (Å²) in [4.78, 5) is 59.6. The van der Waals surface area contributed by atoms with Gasteiger partial charge in [0.25, 0.3) is 0 Å². The van der Waals surface area contributed by atoms with Crippen LogP contribution in [0.4, 0.5) is 5.82 Å². The van der Waals surface area contributed by atoms with Gasteiger partial charge in [-0.1, -0.05) is 48.4 Å². The molecule has 296 valence electrons. The number of nitrogens with one attached hydrogen (secondary N) is 2. The molecule has 3 aliphatic rings. The van der Waals surface area contributed by atoms with Crippen molar-refractivity contribution in [3.63, 3.8) is 0 Å². The topological polar surface area (TPSA) is 173 Å². The smallest absolute Gasteiger partial charge is 0.329 e. The third-order valence-corrected chi connectivity index (χ3v) is 11.4. The number of piperidine rings is 1. The number of pyridine rings is 1. The number of ketones is 1. The van der Waals surface area contributed by atoms with Crippen LogP contribution >= 0.6 is 0 Å². The van der Waals surface area contributed by atoms with Gasteiger partial charge >= 0.3 is 5.69 Å². The Morgan fingerprint density at radius 3 is 2.63 bits per heavy atom. The van der Waals surface area contributed by atoms with Crippen molar-refractivity contribution in [1.82, 2.24) is 44.6 Å². The average Bonchev–Trinajstić information content (AvgIpc) is 3.99. The number of piperazine rings is 1. The van der Waals surface area contributed by atoms with Gasteiger partial charge in [0.2, 0.25) is 11.8 Å². The number of fused-ring (bicyclic) bond motifs is 3. The molecule has 57 heavy (non-hydrogen) atoms. The first-order valence-electron chi connectivity index (χ1n) is 19.8. The van der Waals surface area contributed by atoms with Crippen LogP contribution in [0.5, 0.6) is 5.75 Å². The van der Waals surface area contributed by atoms with E-state index in [0.717, 1.165) is 86.4 Å². The molecule has 2 aromatic carbocycles. The molecular weight excluding hydrogens is 725 g/mol. The lowest BCUT2D eigenvalue weighted by atomic mass is 10.1. The first kappa shape index (κ1) is 37.8. The number of amides is 2. The number of benzene rings is 2. The highest BCUT2D eigenvalue weighted by Gasteiger charge is 2.42. The van der Waals surface area contributed by atoms with E-state index in [1.54, 1.807) is 35.9 Å². The molecule has 6 heterocycles. The number of hydrogen-bond donors (Lipinski definition) is 3. The normalized spacial score (nSPS) is 19.4. The van der Waals surface area contributed by atoms with E-state index in [2.05, 4.69) is 36.8 Å². The monoisotopic (exact) mass is 772 g/mol. The van der Waals surface area contributed by atoms with E-state index in [9.17, 15) is 24.3 Å². The van der Waals surface area contributed by atoms with Crippen molar-refractivity contribution in [1.29, 1.82) is 0 Å². The summed E-state index contributed by atoms with van der Waals surface area (Å²) in [7, 11) is 1.73. The minimum Gasteiger partial charge on any atom is -0.507 e. The van der Waals surface area contributed by atoms with E-state index in [4.69, 9.17) is 4.98 Å². The maximum atomic E-state index is 13.2. The van der Waals surface area contributed by atoms with Crippen molar-refractivity contribution in [3.8, 4) is 5.75 Å². The average molecular weight is 773 g/mol. The second kappa shape index (κ2) is 16.6. The molecule has 0 saturated carbocycles. The minimum atomic E-state index is -0.695. The fourth-order valence-electron chi connectivity index (χ4n) is 8.53. The second-order valence-electron chi connectivity index (χ2n) is 15.3. The lowest BCUT2D eigenvalue weighted by molar-refractivity contribution is -0.135. The predicted octanol–water partition coefficient (Wildman–Crippen LogP) is 3.61. The summed E-state index contributed by atoms with van der Waals surface area (Å²) < 4.78 is 4.97. The number of allylic oxidation sites excluding steroid dienone is 1. The number of anilines is 1. The zero-order chi connectivity index (χ0) is 39.5. The van der Waals surface area contributed by atoms with Gasteiger partial charge in [0.15, 0.2) is 5.78 Å². The van der Waals surface area contributed by atoms with Gasteiger partial charge in [-0.25, -0.2) is 14.5 Å². The highest BCUT2D eigenvalue weighted by molar-refractivity contribution is 6.06. The Morgan fingerprint density at radius 2 is 1.81 bits per heavy atom. The lowest BCUT2D eigenvalue weighted by Crippen LogP contribution is -2.44. The van der Waals surface area contributed by atoms with Gasteiger partial charge in [0.05, 0.1) is 34.5 Å². The lowest BCUT2D eigenvalue weighted by Gasteiger charge is -2.34. The predicted molar refractivity (Wildman–Crippen MR) is 214 cm³/mol. The van der Waals surface area contributed by atoms with E-state index in [-0.39, 0.29) is 29.6 Å².